The van der Waals surface area contributed by atoms with Gasteiger partial charge in [-0.1, -0.05) is 12.8 Å². The van der Waals surface area contributed by atoms with Gasteiger partial charge in [0.15, 0.2) is 0 Å². The van der Waals surface area contributed by atoms with Crippen LogP contribution < -0.4 is 0 Å². The number of likely N-dealkylation sites (tertiary alicyclic amines) is 1. The molecule has 2 aliphatic rings. The highest BCUT2D eigenvalue weighted by Gasteiger charge is 2.46. The zero-order valence-electron chi connectivity index (χ0n) is 14.2. The molecule has 1 saturated heterocycles. The third-order valence-electron chi connectivity index (χ3n) is 4.83. The first kappa shape index (κ1) is 17.1. The fraction of sp³-hybridized carbons (Fsp3) is 0.882. The van der Waals surface area contributed by atoms with Gasteiger partial charge in [0.1, 0.15) is 11.1 Å². The fourth-order valence-corrected chi connectivity index (χ4v) is 3.22. The Morgan fingerprint density at radius 1 is 1.18 bits per heavy atom. The van der Waals surface area contributed by atoms with Gasteiger partial charge < -0.3 is 9.84 Å². The summed E-state index contributed by atoms with van der Waals surface area (Å²) in [6.07, 6.45) is 5.53. The maximum absolute atomic E-state index is 12.5. The predicted octanol–water partition coefficient (Wildman–Crippen LogP) is 3.67. The SMILES string of the molecule is CC(C)(C)OC(=O)N1CCC(CC2CC2)CC[C@@]1(C)C(=O)O. The number of hydrogen-bond donors (Lipinski definition) is 1. The van der Waals surface area contributed by atoms with E-state index in [1.807, 2.05) is 0 Å². The molecule has 22 heavy (non-hydrogen) atoms. The van der Waals surface area contributed by atoms with Crippen molar-refractivity contribution in [3.63, 3.8) is 0 Å². The molecule has 1 aliphatic carbocycles. The van der Waals surface area contributed by atoms with Gasteiger partial charge in [-0.15, -0.1) is 0 Å². The molecule has 1 unspecified atom stereocenters. The molecule has 5 heteroatoms. The molecule has 5 nitrogen and oxygen atoms in total. The first-order chi connectivity index (χ1) is 10.1. The first-order valence-corrected chi connectivity index (χ1v) is 8.36. The molecule has 0 aromatic heterocycles. The minimum Gasteiger partial charge on any atom is -0.480 e. The van der Waals surface area contributed by atoms with E-state index in [1.54, 1.807) is 27.7 Å². The van der Waals surface area contributed by atoms with Crippen LogP contribution in [0.2, 0.25) is 0 Å². The summed E-state index contributed by atoms with van der Waals surface area (Å²) < 4.78 is 5.43. The highest BCUT2D eigenvalue weighted by atomic mass is 16.6. The van der Waals surface area contributed by atoms with Crippen LogP contribution in [-0.4, -0.2) is 39.8 Å². The van der Waals surface area contributed by atoms with Crippen LogP contribution in [0.4, 0.5) is 4.79 Å². The second-order valence-corrected chi connectivity index (χ2v) is 8.08. The van der Waals surface area contributed by atoms with E-state index in [0.29, 0.717) is 18.9 Å². The molecule has 126 valence electrons. The van der Waals surface area contributed by atoms with E-state index in [0.717, 1.165) is 18.8 Å². The maximum atomic E-state index is 12.5. The summed E-state index contributed by atoms with van der Waals surface area (Å²) in [5.74, 6) is 0.415. The van der Waals surface area contributed by atoms with Crippen LogP contribution in [0.3, 0.4) is 0 Å². The standard InChI is InChI=1S/C17H29NO4/c1-16(2,3)22-15(21)18-10-8-13(11-12-5-6-12)7-9-17(18,4)14(19)20/h12-13H,5-11H2,1-4H3,(H,19,20)/t13?,17-/m0/s1. The van der Waals surface area contributed by atoms with Crippen molar-refractivity contribution in [3.8, 4) is 0 Å². The van der Waals surface area contributed by atoms with Crippen molar-refractivity contribution in [2.45, 2.75) is 77.4 Å². The Labute approximate surface area is 133 Å². The van der Waals surface area contributed by atoms with Crippen LogP contribution in [0.25, 0.3) is 0 Å². The van der Waals surface area contributed by atoms with Crippen LogP contribution in [0.5, 0.6) is 0 Å². The topological polar surface area (TPSA) is 66.8 Å². The van der Waals surface area contributed by atoms with E-state index < -0.39 is 23.2 Å². The van der Waals surface area contributed by atoms with Crippen LogP contribution in [0, 0.1) is 11.8 Å². The average Bonchev–Trinajstić information content (AvgIpc) is 3.17. The molecule has 1 heterocycles. The molecule has 0 aromatic carbocycles. The molecule has 2 fully saturated rings. The molecule has 1 amide bonds. The molecule has 1 aliphatic heterocycles. The molecular formula is C17H29NO4. The number of nitrogens with zero attached hydrogens (tertiary/aromatic N) is 1. The van der Waals surface area contributed by atoms with Crippen molar-refractivity contribution in [2.24, 2.45) is 11.8 Å². The Balaban J connectivity index is 2.12. The second-order valence-electron chi connectivity index (χ2n) is 8.08. The van der Waals surface area contributed by atoms with Gasteiger partial charge >= 0.3 is 12.1 Å². The van der Waals surface area contributed by atoms with E-state index >= 15 is 0 Å². The number of rotatable bonds is 3. The molecule has 1 N–H and O–H groups in total. The Bertz CT molecular complexity index is 438. The first-order valence-electron chi connectivity index (χ1n) is 8.36. The summed E-state index contributed by atoms with van der Waals surface area (Å²) in [6.45, 7) is 7.53. The minimum atomic E-state index is -1.17. The van der Waals surface area contributed by atoms with Crippen molar-refractivity contribution in [1.29, 1.82) is 0 Å². The van der Waals surface area contributed by atoms with Crippen molar-refractivity contribution in [3.05, 3.63) is 0 Å². The monoisotopic (exact) mass is 311 g/mol. The molecule has 0 radical (unpaired) electrons. The molecule has 1 saturated carbocycles. The van der Waals surface area contributed by atoms with Crippen LogP contribution in [0.1, 0.15) is 66.2 Å². The summed E-state index contributed by atoms with van der Waals surface area (Å²) in [7, 11) is 0. The summed E-state index contributed by atoms with van der Waals surface area (Å²) in [5, 5.41) is 9.67. The van der Waals surface area contributed by atoms with Crippen LogP contribution in [0.15, 0.2) is 0 Å². The quantitative estimate of drug-likeness (QED) is 0.863. The number of hydrogen-bond acceptors (Lipinski definition) is 3. The van der Waals surface area contributed by atoms with Gasteiger partial charge in [-0.05, 0) is 65.2 Å². The predicted molar refractivity (Wildman–Crippen MR) is 83.7 cm³/mol. The lowest BCUT2D eigenvalue weighted by Gasteiger charge is -2.37. The second kappa shape index (κ2) is 6.09. The Morgan fingerprint density at radius 2 is 1.77 bits per heavy atom. The number of carboxylic acid groups (broad SMARTS) is 1. The lowest BCUT2D eigenvalue weighted by molar-refractivity contribution is -0.150. The average molecular weight is 311 g/mol. The van der Waals surface area contributed by atoms with Crippen LogP contribution >= 0.6 is 0 Å². The molecule has 0 aromatic rings. The molecule has 2 atom stereocenters. The van der Waals surface area contributed by atoms with Gasteiger partial charge in [0.05, 0.1) is 0 Å². The summed E-state index contributed by atoms with van der Waals surface area (Å²) in [5.41, 5.74) is -1.78. The number of ether oxygens (including phenoxy) is 1. The van der Waals surface area contributed by atoms with E-state index in [2.05, 4.69) is 0 Å². The van der Waals surface area contributed by atoms with Crippen molar-refractivity contribution in [2.75, 3.05) is 6.54 Å². The third-order valence-corrected chi connectivity index (χ3v) is 4.83. The lowest BCUT2D eigenvalue weighted by atomic mass is 9.89. The van der Waals surface area contributed by atoms with Crippen molar-refractivity contribution < 1.29 is 19.4 Å². The van der Waals surface area contributed by atoms with Gasteiger partial charge in [0.2, 0.25) is 0 Å². The molecule has 0 bridgehead atoms. The maximum Gasteiger partial charge on any atom is 0.411 e. The lowest BCUT2D eigenvalue weighted by Crippen LogP contribution is -2.55. The number of amides is 1. The molecular weight excluding hydrogens is 282 g/mol. The van der Waals surface area contributed by atoms with E-state index in [4.69, 9.17) is 4.74 Å². The fourth-order valence-electron chi connectivity index (χ4n) is 3.22. The van der Waals surface area contributed by atoms with Crippen LogP contribution in [-0.2, 0) is 9.53 Å². The van der Waals surface area contributed by atoms with Gasteiger partial charge in [0.25, 0.3) is 0 Å². The third kappa shape index (κ3) is 4.14. The largest absolute Gasteiger partial charge is 0.480 e. The summed E-state index contributed by atoms with van der Waals surface area (Å²) >= 11 is 0. The highest BCUT2D eigenvalue weighted by molar-refractivity contribution is 5.84. The Kier molecular flexibility index (Phi) is 4.73. The Morgan fingerprint density at radius 3 is 2.27 bits per heavy atom. The number of carbonyl (C=O) groups is 2. The van der Waals surface area contributed by atoms with Gasteiger partial charge in [0, 0.05) is 6.54 Å². The number of carbonyl (C=O) groups excluding carboxylic acids is 1. The van der Waals surface area contributed by atoms with Crippen molar-refractivity contribution >= 4 is 12.1 Å². The van der Waals surface area contributed by atoms with Gasteiger partial charge in [-0.3, -0.25) is 4.90 Å². The van der Waals surface area contributed by atoms with Gasteiger partial charge in [-0.2, -0.15) is 0 Å². The normalized spacial score (nSPS) is 29.8. The van der Waals surface area contributed by atoms with Crippen molar-refractivity contribution in [1.82, 2.24) is 4.90 Å². The van der Waals surface area contributed by atoms with Gasteiger partial charge in [-0.25, -0.2) is 9.59 Å². The number of carboxylic acids is 1. The van der Waals surface area contributed by atoms with E-state index in [1.165, 1.54) is 24.2 Å². The molecule has 0 spiro atoms. The minimum absolute atomic E-state index is 0.467. The highest BCUT2D eigenvalue weighted by Crippen LogP contribution is 2.40. The van der Waals surface area contributed by atoms with E-state index in [-0.39, 0.29) is 0 Å². The zero-order valence-corrected chi connectivity index (χ0v) is 14.2. The Hall–Kier alpha value is -1.26. The number of aliphatic carboxylic acids is 1. The zero-order chi connectivity index (χ0) is 16.5. The molecule has 2 rings (SSSR count). The summed E-state index contributed by atoms with van der Waals surface area (Å²) in [4.78, 5) is 25.7. The summed E-state index contributed by atoms with van der Waals surface area (Å²) in [6, 6.07) is 0. The smallest absolute Gasteiger partial charge is 0.411 e. The van der Waals surface area contributed by atoms with E-state index in [9.17, 15) is 14.7 Å².